The first-order valence-electron chi connectivity index (χ1n) is 7.54. The normalized spacial score (nSPS) is 13.8. The van der Waals surface area contributed by atoms with Crippen molar-refractivity contribution in [3.05, 3.63) is 69.7 Å². The molecule has 0 unspecified atom stereocenters. The van der Waals surface area contributed by atoms with Gasteiger partial charge in [-0.2, -0.15) is 0 Å². The summed E-state index contributed by atoms with van der Waals surface area (Å²) in [4.78, 5) is 0. The molecule has 4 N–H and O–H groups in total. The van der Waals surface area contributed by atoms with Crippen LogP contribution in [0.2, 0.25) is 10.0 Å². The molecular formula is C18H22Cl2N2. The van der Waals surface area contributed by atoms with Crippen molar-refractivity contribution in [2.45, 2.75) is 37.8 Å². The monoisotopic (exact) mass is 336 g/mol. The van der Waals surface area contributed by atoms with Crippen molar-refractivity contribution in [1.29, 1.82) is 0 Å². The second kappa shape index (κ2) is 8.54. The lowest BCUT2D eigenvalue weighted by Crippen LogP contribution is -2.41. The lowest BCUT2D eigenvalue weighted by molar-refractivity contribution is 0.470. The van der Waals surface area contributed by atoms with Gasteiger partial charge in [-0.15, -0.1) is 0 Å². The Balaban J connectivity index is 1.75. The molecule has 0 aliphatic heterocycles. The number of hydrogen-bond acceptors (Lipinski definition) is 2. The van der Waals surface area contributed by atoms with Crippen molar-refractivity contribution in [3.8, 4) is 0 Å². The Kier molecular flexibility index (Phi) is 6.71. The van der Waals surface area contributed by atoms with Crippen LogP contribution in [-0.2, 0) is 12.8 Å². The summed E-state index contributed by atoms with van der Waals surface area (Å²) < 4.78 is 0. The maximum atomic E-state index is 6.21. The molecule has 0 aliphatic carbocycles. The molecule has 0 aromatic heterocycles. The number of hydrogen-bond donors (Lipinski definition) is 2. The Bertz CT molecular complexity index is 513. The highest BCUT2D eigenvalue weighted by molar-refractivity contribution is 6.30. The van der Waals surface area contributed by atoms with Gasteiger partial charge in [0.2, 0.25) is 0 Å². The second-order valence-corrected chi connectivity index (χ2v) is 6.53. The molecular weight excluding hydrogens is 315 g/mol. The van der Waals surface area contributed by atoms with Crippen LogP contribution in [0.3, 0.4) is 0 Å². The minimum atomic E-state index is 0.00276. The van der Waals surface area contributed by atoms with Gasteiger partial charge in [-0.3, -0.25) is 0 Å². The van der Waals surface area contributed by atoms with E-state index in [0.717, 1.165) is 35.7 Å². The molecule has 0 spiro atoms. The first-order valence-corrected chi connectivity index (χ1v) is 8.30. The fraction of sp³-hybridized carbons (Fsp3) is 0.333. The quantitative estimate of drug-likeness (QED) is 0.795. The SMILES string of the molecule is N[C@H](CCc1ccc(Cl)cc1)[C@H](N)CCc1ccc(Cl)cc1. The number of benzene rings is 2. The van der Waals surface area contributed by atoms with E-state index in [9.17, 15) is 0 Å². The second-order valence-electron chi connectivity index (χ2n) is 5.66. The standard InChI is InChI=1S/C18H22Cl2N2/c19-15-7-1-13(2-8-15)5-11-17(21)18(22)12-6-14-3-9-16(20)10-4-14/h1-4,7-10,17-18H,5-6,11-12,21-22H2/t17-,18-/m1/s1. The van der Waals surface area contributed by atoms with E-state index in [1.807, 2.05) is 48.5 Å². The van der Waals surface area contributed by atoms with Gasteiger partial charge in [0.05, 0.1) is 0 Å². The van der Waals surface area contributed by atoms with Crippen molar-refractivity contribution in [1.82, 2.24) is 0 Å². The van der Waals surface area contributed by atoms with Crippen LogP contribution in [-0.4, -0.2) is 12.1 Å². The van der Waals surface area contributed by atoms with Gasteiger partial charge >= 0.3 is 0 Å². The third-order valence-electron chi connectivity index (χ3n) is 3.91. The van der Waals surface area contributed by atoms with Gasteiger partial charge < -0.3 is 11.5 Å². The van der Waals surface area contributed by atoms with E-state index in [2.05, 4.69) is 0 Å². The van der Waals surface area contributed by atoms with Gasteiger partial charge in [0.15, 0.2) is 0 Å². The Labute approximate surface area is 142 Å². The van der Waals surface area contributed by atoms with Crippen molar-refractivity contribution >= 4 is 23.2 Å². The highest BCUT2D eigenvalue weighted by Gasteiger charge is 2.13. The summed E-state index contributed by atoms with van der Waals surface area (Å²) in [5.74, 6) is 0. The molecule has 0 fully saturated rings. The largest absolute Gasteiger partial charge is 0.326 e. The van der Waals surface area contributed by atoms with Crippen LogP contribution in [0.5, 0.6) is 0 Å². The molecule has 2 aromatic rings. The minimum absolute atomic E-state index is 0.00276. The fourth-order valence-corrected chi connectivity index (χ4v) is 2.65. The Hall–Kier alpha value is -1.06. The van der Waals surface area contributed by atoms with Crippen LogP contribution in [0.4, 0.5) is 0 Å². The van der Waals surface area contributed by atoms with E-state index in [0.29, 0.717) is 0 Å². The molecule has 2 nitrogen and oxygen atoms in total. The number of halogens is 2. The predicted octanol–water partition coefficient (Wildman–Crippen LogP) is 4.21. The van der Waals surface area contributed by atoms with E-state index in [1.165, 1.54) is 11.1 Å². The summed E-state index contributed by atoms with van der Waals surface area (Å²) in [5.41, 5.74) is 14.9. The maximum Gasteiger partial charge on any atom is 0.0406 e. The zero-order valence-electron chi connectivity index (χ0n) is 12.5. The average Bonchev–Trinajstić information content (AvgIpc) is 2.53. The molecule has 0 amide bonds. The van der Waals surface area contributed by atoms with Gasteiger partial charge in [-0.05, 0) is 61.1 Å². The average molecular weight is 337 g/mol. The molecule has 118 valence electrons. The zero-order chi connectivity index (χ0) is 15.9. The van der Waals surface area contributed by atoms with Gasteiger partial charge in [-0.25, -0.2) is 0 Å². The van der Waals surface area contributed by atoms with E-state index in [1.54, 1.807) is 0 Å². The lowest BCUT2D eigenvalue weighted by atomic mass is 9.96. The zero-order valence-corrected chi connectivity index (χ0v) is 14.0. The third-order valence-corrected chi connectivity index (χ3v) is 4.41. The van der Waals surface area contributed by atoms with Crippen molar-refractivity contribution in [2.24, 2.45) is 11.5 Å². The summed E-state index contributed by atoms with van der Waals surface area (Å²) in [7, 11) is 0. The maximum absolute atomic E-state index is 6.21. The highest BCUT2D eigenvalue weighted by Crippen LogP contribution is 2.14. The minimum Gasteiger partial charge on any atom is -0.326 e. The summed E-state index contributed by atoms with van der Waals surface area (Å²) >= 11 is 11.8. The summed E-state index contributed by atoms with van der Waals surface area (Å²) in [6.45, 7) is 0. The van der Waals surface area contributed by atoms with Crippen LogP contribution in [0.1, 0.15) is 24.0 Å². The number of aryl methyl sites for hydroxylation is 2. The van der Waals surface area contributed by atoms with Gasteiger partial charge in [0.1, 0.15) is 0 Å². The first-order chi connectivity index (χ1) is 10.5. The Morgan fingerprint density at radius 3 is 1.27 bits per heavy atom. The first kappa shape index (κ1) is 17.3. The molecule has 0 radical (unpaired) electrons. The number of rotatable bonds is 7. The molecule has 2 aromatic carbocycles. The fourth-order valence-electron chi connectivity index (χ4n) is 2.40. The molecule has 0 saturated carbocycles. The molecule has 0 heterocycles. The van der Waals surface area contributed by atoms with Crippen LogP contribution in [0.25, 0.3) is 0 Å². The number of nitrogens with two attached hydrogens (primary N) is 2. The molecule has 2 rings (SSSR count). The summed E-state index contributed by atoms with van der Waals surface area (Å²) in [5, 5.41) is 1.51. The predicted molar refractivity (Wildman–Crippen MR) is 95.5 cm³/mol. The van der Waals surface area contributed by atoms with Gasteiger partial charge in [0, 0.05) is 22.1 Å². The third kappa shape index (κ3) is 5.62. The van der Waals surface area contributed by atoms with E-state index >= 15 is 0 Å². The summed E-state index contributed by atoms with van der Waals surface area (Å²) in [6, 6.07) is 15.8. The van der Waals surface area contributed by atoms with Crippen molar-refractivity contribution in [3.63, 3.8) is 0 Å². The molecule has 4 heteroatoms. The molecule has 0 aliphatic rings. The Morgan fingerprint density at radius 1 is 0.636 bits per heavy atom. The molecule has 0 saturated heterocycles. The lowest BCUT2D eigenvalue weighted by Gasteiger charge is -2.20. The Morgan fingerprint density at radius 2 is 0.955 bits per heavy atom. The van der Waals surface area contributed by atoms with E-state index in [4.69, 9.17) is 34.7 Å². The molecule has 22 heavy (non-hydrogen) atoms. The van der Waals surface area contributed by atoms with Gasteiger partial charge in [0.25, 0.3) is 0 Å². The van der Waals surface area contributed by atoms with E-state index < -0.39 is 0 Å². The van der Waals surface area contributed by atoms with Crippen molar-refractivity contribution < 1.29 is 0 Å². The smallest absolute Gasteiger partial charge is 0.0406 e. The van der Waals surface area contributed by atoms with Crippen LogP contribution in [0.15, 0.2) is 48.5 Å². The van der Waals surface area contributed by atoms with E-state index in [-0.39, 0.29) is 12.1 Å². The molecule has 0 bridgehead atoms. The van der Waals surface area contributed by atoms with Crippen LogP contribution < -0.4 is 11.5 Å². The van der Waals surface area contributed by atoms with Crippen molar-refractivity contribution in [2.75, 3.05) is 0 Å². The summed E-state index contributed by atoms with van der Waals surface area (Å²) in [6.07, 6.45) is 3.60. The highest BCUT2D eigenvalue weighted by atomic mass is 35.5. The van der Waals surface area contributed by atoms with Crippen LogP contribution >= 0.6 is 23.2 Å². The topological polar surface area (TPSA) is 52.0 Å². The molecule has 2 atom stereocenters. The van der Waals surface area contributed by atoms with Crippen LogP contribution in [0, 0.1) is 0 Å². The van der Waals surface area contributed by atoms with Gasteiger partial charge in [-0.1, -0.05) is 47.5 Å².